The number of thioether (sulfide) groups is 1. The van der Waals surface area contributed by atoms with Crippen LogP contribution in [0.15, 0.2) is 47.4 Å². The van der Waals surface area contributed by atoms with Crippen molar-refractivity contribution < 1.29 is 23.9 Å². The third kappa shape index (κ3) is 5.70. The quantitative estimate of drug-likeness (QED) is 0.487. The molecule has 2 aliphatic heterocycles. The van der Waals surface area contributed by atoms with Crippen LogP contribution < -0.4 is 9.47 Å². The zero-order valence-corrected chi connectivity index (χ0v) is 21.1. The van der Waals surface area contributed by atoms with E-state index in [2.05, 4.69) is 6.07 Å². The Morgan fingerprint density at radius 1 is 1.11 bits per heavy atom. The normalized spacial score (nSPS) is 17.5. The number of amides is 3. The van der Waals surface area contributed by atoms with Gasteiger partial charge in [0.2, 0.25) is 5.91 Å². The Morgan fingerprint density at radius 2 is 1.89 bits per heavy atom. The first-order valence-corrected chi connectivity index (χ1v) is 12.7. The maximum absolute atomic E-state index is 13.0. The molecule has 0 aliphatic carbocycles. The molecule has 3 amide bonds. The van der Waals surface area contributed by atoms with Gasteiger partial charge in [0.1, 0.15) is 6.54 Å². The van der Waals surface area contributed by atoms with E-state index in [9.17, 15) is 14.4 Å². The molecular formula is C27H30N2O5S. The number of rotatable bonds is 8. The largest absolute Gasteiger partial charge is 0.490 e. The molecule has 2 heterocycles. The minimum atomic E-state index is -0.455. The van der Waals surface area contributed by atoms with Gasteiger partial charge < -0.3 is 14.4 Å². The third-order valence-corrected chi connectivity index (χ3v) is 7.03. The maximum atomic E-state index is 13.0. The molecule has 0 unspecified atom stereocenters. The first-order chi connectivity index (χ1) is 16.9. The lowest BCUT2D eigenvalue weighted by atomic mass is 10.00. The first kappa shape index (κ1) is 24.9. The van der Waals surface area contributed by atoms with Gasteiger partial charge in [-0.25, -0.2) is 0 Å². The molecule has 7 nitrogen and oxygen atoms in total. The molecule has 0 N–H and O–H groups in total. The average Bonchev–Trinajstić information content (AvgIpc) is 3.12. The summed E-state index contributed by atoms with van der Waals surface area (Å²) in [4.78, 5) is 41.5. The highest BCUT2D eigenvalue weighted by molar-refractivity contribution is 8.18. The van der Waals surface area contributed by atoms with E-state index in [1.54, 1.807) is 17.0 Å². The molecule has 1 saturated heterocycles. The molecule has 4 rings (SSSR count). The molecular weight excluding hydrogens is 464 g/mol. The highest BCUT2D eigenvalue weighted by Gasteiger charge is 2.37. The second kappa shape index (κ2) is 11.0. The lowest BCUT2D eigenvalue weighted by Gasteiger charge is -2.29. The van der Waals surface area contributed by atoms with Crippen LogP contribution in [0, 0.1) is 0 Å². The summed E-state index contributed by atoms with van der Waals surface area (Å²) in [5, 5.41) is -0.436. The zero-order valence-electron chi connectivity index (χ0n) is 20.3. The van der Waals surface area contributed by atoms with E-state index in [1.807, 2.05) is 51.1 Å². The topological polar surface area (TPSA) is 76.2 Å². The van der Waals surface area contributed by atoms with Crippen LogP contribution in [0.4, 0.5) is 4.79 Å². The van der Waals surface area contributed by atoms with Crippen LogP contribution in [0.25, 0.3) is 6.08 Å². The number of carbonyl (C=O) groups excluding carboxylic acids is 3. The Balaban J connectivity index is 1.46. The second-order valence-electron chi connectivity index (χ2n) is 8.58. The van der Waals surface area contributed by atoms with E-state index >= 15 is 0 Å². The van der Waals surface area contributed by atoms with Crippen LogP contribution in [-0.4, -0.2) is 52.7 Å². The number of hydrogen-bond acceptors (Lipinski definition) is 6. The molecule has 184 valence electrons. The highest BCUT2D eigenvalue weighted by atomic mass is 32.2. The van der Waals surface area contributed by atoms with Gasteiger partial charge in [0.25, 0.3) is 11.1 Å². The van der Waals surface area contributed by atoms with Gasteiger partial charge >= 0.3 is 0 Å². The molecule has 2 aromatic carbocycles. The fourth-order valence-corrected chi connectivity index (χ4v) is 4.85. The lowest BCUT2D eigenvalue weighted by molar-refractivity contribution is -0.136. The summed E-state index contributed by atoms with van der Waals surface area (Å²) in [5.74, 6) is 0.540. The summed E-state index contributed by atoms with van der Waals surface area (Å²) < 4.78 is 11.7. The Labute approximate surface area is 210 Å². The van der Waals surface area contributed by atoms with Crippen molar-refractivity contribution >= 4 is 34.9 Å². The van der Waals surface area contributed by atoms with Gasteiger partial charge in [-0.05, 0) is 73.4 Å². The molecule has 0 saturated carbocycles. The summed E-state index contributed by atoms with van der Waals surface area (Å²) in [5.41, 5.74) is 3.05. The zero-order chi connectivity index (χ0) is 24.9. The van der Waals surface area contributed by atoms with Crippen molar-refractivity contribution in [3.05, 3.63) is 64.1 Å². The smallest absolute Gasteiger partial charge is 0.294 e. The Kier molecular flexibility index (Phi) is 7.80. The van der Waals surface area contributed by atoms with Crippen LogP contribution in [0.2, 0.25) is 0 Å². The van der Waals surface area contributed by atoms with Gasteiger partial charge in [-0.2, -0.15) is 0 Å². The third-order valence-electron chi connectivity index (χ3n) is 6.12. The van der Waals surface area contributed by atoms with Crippen LogP contribution in [-0.2, 0) is 22.6 Å². The molecule has 1 fully saturated rings. The van der Waals surface area contributed by atoms with Gasteiger partial charge in [0.15, 0.2) is 11.5 Å². The summed E-state index contributed by atoms with van der Waals surface area (Å²) in [6.45, 7) is 7.21. The number of benzene rings is 2. The lowest BCUT2D eigenvalue weighted by Crippen LogP contribution is -2.44. The standard InChI is InChI=1S/C27H30N2O5S/c1-4-18(3)34-22-11-10-19(14-23(22)33-5-2)15-24-26(31)29(27(32)35-24)17-25(30)28-13-12-20-8-6-7-9-21(20)16-28/h6-11,14-15,18H,4-5,12-13,16-17H2,1-3H3/b24-15+/t18-/m0/s1. The van der Waals surface area contributed by atoms with Gasteiger partial charge in [-0.1, -0.05) is 37.3 Å². The fourth-order valence-electron chi connectivity index (χ4n) is 4.01. The summed E-state index contributed by atoms with van der Waals surface area (Å²) in [6.07, 6.45) is 3.33. The molecule has 2 aromatic rings. The average molecular weight is 495 g/mol. The maximum Gasteiger partial charge on any atom is 0.294 e. The summed E-state index contributed by atoms with van der Waals surface area (Å²) >= 11 is 0.847. The predicted octanol–water partition coefficient (Wildman–Crippen LogP) is 4.88. The Hall–Kier alpha value is -3.26. The van der Waals surface area contributed by atoms with Crippen LogP contribution >= 0.6 is 11.8 Å². The molecule has 35 heavy (non-hydrogen) atoms. The summed E-state index contributed by atoms with van der Waals surface area (Å²) in [7, 11) is 0. The monoisotopic (exact) mass is 494 g/mol. The Bertz CT molecular complexity index is 1160. The predicted molar refractivity (Wildman–Crippen MR) is 136 cm³/mol. The minimum Gasteiger partial charge on any atom is -0.490 e. The first-order valence-electron chi connectivity index (χ1n) is 11.9. The van der Waals surface area contributed by atoms with Crippen molar-refractivity contribution in [3.8, 4) is 11.5 Å². The SMILES string of the molecule is CCOc1cc(/C=C2/SC(=O)N(CC(=O)N3CCc4ccccc4C3)C2=O)ccc1O[C@@H](C)CC. The van der Waals surface area contributed by atoms with E-state index in [4.69, 9.17) is 9.47 Å². The van der Waals surface area contributed by atoms with Gasteiger partial charge in [-0.3, -0.25) is 19.3 Å². The molecule has 0 radical (unpaired) electrons. The van der Waals surface area contributed by atoms with Crippen molar-refractivity contribution in [2.45, 2.75) is 46.3 Å². The molecule has 2 aliphatic rings. The molecule has 0 bridgehead atoms. The van der Waals surface area contributed by atoms with Crippen molar-refractivity contribution in [2.75, 3.05) is 19.7 Å². The Morgan fingerprint density at radius 3 is 2.63 bits per heavy atom. The van der Waals surface area contributed by atoms with Crippen molar-refractivity contribution in [1.29, 1.82) is 0 Å². The van der Waals surface area contributed by atoms with E-state index in [0.717, 1.165) is 40.6 Å². The number of carbonyl (C=O) groups is 3. The van der Waals surface area contributed by atoms with Crippen LogP contribution in [0.5, 0.6) is 11.5 Å². The number of ether oxygens (including phenoxy) is 2. The van der Waals surface area contributed by atoms with Crippen LogP contribution in [0.1, 0.15) is 43.9 Å². The van der Waals surface area contributed by atoms with Crippen molar-refractivity contribution in [3.63, 3.8) is 0 Å². The van der Waals surface area contributed by atoms with E-state index in [0.29, 0.717) is 31.2 Å². The van der Waals surface area contributed by atoms with Gasteiger partial charge in [0.05, 0.1) is 17.6 Å². The molecule has 0 aromatic heterocycles. The van der Waals surface area contributed by atoms with E-state index < -0.39 is 11.1 Å². The number of nitrogens with zero attached hydrogens (tertiary/aromatic N) is 2. The highest BCUT2D eigenvalue weighted by Crippen LogP contribution is 2.35. The fraction of sp³-hybridized carbons (Fsp3) is 0.370. The minimum absolute atomic E-state index is 0.0440. The van der Waals surface area contributed by atoms with Crippen molar-refractivity contribution in [1.82, 2.24) is 9.80 Å². The van der Waals surface area contributed by atoms with Crippen molar-refractivity contribution in [2.24, 2.45) is 0 Å². The number of imide groups is 1. The molecule has 1 atom stereocenters. The second-order valence-corrected chi connectivity index (χ2v) is 9.57. The van der Waals surface area contributed by atoms with E-state index in [-0.39, 0.29) is 23.5 Å². The van der Waals surface area contributed by atoms with Gasteiger partial charge in [-0.15, -0.1) is 0 Å². The molecule has 8 heteroatoms. The number of fused-ring (bicyclic) bond motifs is 1. The summed E-state index contributed by atoms with van der Waals surface area (Å²) in [6, 6.07) is 13.5. The molecule has 0 spiro atoms. The van der Waals surface area contributed by atoms with Crippen LogP contribution in [0.3, 0.4) is 0 Å². The van der Waals surface area contributed by atoms with Gasteiger partial charge in [0, 0.05) is 13.1 Å². The number of hydrogen-bond donors (Lipinski definition) is 0. The van der Waals surface area contributed by atoms with E-state index in [1.165, 1.54) is 5.56 Å².